The van der Waals surface area contributed by atoms with E-state index in [9.17, 15) is 5.11 Å². The van der Waals surface area contributed by atoms with E-state index in [4.69, 9.17) is 16.3 Å². The molecule has 27 heavy (non-hydrogen) atoms. The van der Waals surface area contributed by atoms with Crippen molar-refractivity contribution in [2.75, 3.05) is 0 Å². The Balaban J connectivity index is 1.78. The van der Waals surface area contributed by atoms with Gasteiger partial charge in [-0.1, -0.05) is 76.1 Å². The van der Waals surface area contributed by atoms with Crippen molar-refractivity contribution in [2.45, 2.75) is 17.1 Å². The Morgan fingerprint density at radius 3 is 2.56 bits per heavy atom. The normalized spacial score (nSPS) is 27.9. The third-order valence-corrected chi connectivity index (χ3v) is 6.15. The van der Waals surface area contributed by atoms with Crippen molar-refractivity contribution in [3.8, 4) is 5.75 Å². The molecule has 0 fully saturated rings. The summed E-state index contributed by atoms with van der Waals surface area (Å²) < 4.78 is 7.48. The van der Waals surface area contributed by atoms with Crippen LogP contribution in [0.25, 0.3) is 0 Å². The molecule has 1 aliphatic heterocycles. The molecule has 0 saturated heterocycles. The molecular weight excluding hydrogens is 426 g/mol. The van der Waals surface area contributed by atoms with Crippen LogP contribution in [0.15, 0.2) is 83.5 Å². The van der Waals surface area contributed by atoms with Crippen LogP contribution in [0.3, 0.4) is 0 Å². The maximum absolute atomic E-state index is 11.8. The summed E-state index contributed by atoms with van der Waals surface area (Å²) >= 11 is 9.63. The highest BCUT2D eigenvalue weighted by Gasteiger charge is 2.67. The molecular formula is C22H15BrClNO2. The van der Waals surface area contributed by atoms with Crippen LogP contribution in [0.1, 0.15) is 22.7 Å². The SMILES string of the molecule is O[C@@]12C=C[C@@H](c3ccccc3)C1(c1ccc(Br)cc1)Oc1cc(Cl)cnc12. The molecule has 0 amide bonds. The Hall–Kier alpha value is -2.14. The zero-order valence-electron chi connectivity index (χ0n) is 14.1. The molecule has 2 heterocycles. The molecule has 3 nitrogen and oxygen atoms in total. The van der Waals surface area contributed by atoms with Gasteiger partial charge in [-0.15, -0.1) is 0 Å². The average molecular weight is 441 g/mol. The highest BCUT2D eigenvalue weighted by Crippen LogP contribution is 2.63. The fraction of sp³-hybridized carbons (Fsp3) is 0.136. The molecule has 1 aliphatic carbocycles. The monoisotopic (exact) mass is 439 g/mol. The van der Waals surface area contributed by atoms with Gasteiger partial charge in [0, 0.05) is 28.2 Å². The number of aromatic nitrogens is 1. The van der Waals surface area contributed by atoms with E-state index < -0.39 is 11.2 Å². The number of hydrogen-bond donors (Lipinski definition) is 1. The second-order valence-corrected chi connectivity index (χ2v) is 8.21. The summed E-state index contributed by atoms with van der Waals surface area (Å²) in [5.74, 6) is 0.330. The van der Waals surface area contributed by atoms with Crippen LogP contribution in [0.5, 0.6) is 5.75 Å². The van der Waals surface area contributed by atoms with Gasteiger partial charge in [0.2, 0.25) is 0 Å². The summed E-state index contributed by atoms with van der Waals surface area (Å²) in [7, 11) is 0. The third kappa shape index (κ3) is 2.27. The number of ether oxygens (including phenoxy) is 1. The van der Waals surface area contributed by atoms with E-state index in [1.54, 1.807) is 18.3 Å². The van der Waals surface area contributed by atoms with Gasteiger partial charge in [0.1, 0.15) is 11.4 Å². The standard InChI is InChI=1S/C22H15BrClNO2/c23-16-8-6-15(7-9-16)22-18(14-4-2-1-3-5-14)10-11-21(22,26)20-19(27-22)12-17(24)13-25-20/h1-13,18,26H/t18-,21+,22?/m0/s1. The predicted molar refractivity (Wildman–Crippen MR) is 108 cm³/mol. The van der Waals surface area contributed by atoms with Crippen molar-refractivity contribution in [3.63, 3.8) is 0 Å². The number of benzene rings is 2. The van der Waals surface area contributed by atoms with Crippen molar-refractivity contribution >= 4 is 27.5 Å². The lowest BCUT2D eigenvalue weighted by Crippen LogP contribution is -2.48. The van der Waals surface area contributed by atoms with E-state index in [1.165, 1.54) is 0 Å². The van der Waals surface area contributed by atoms with Crippen LogP contribution in [0.2, 0.25) is 5.02 Å². The number of halogens is 2. The van der Waals surface area contributed by atoms with Crippen molar-refractivity contribution in [1.29, 1.82) is 0 Å². The average Bonchev–Trinajstić information content (AvgIpc) is 3.10. The molecule has 2 aliphatic rings. The zero-order chi connectivity index (χ0) is 18.6. The van der Waals surface area contributed by atoms with Gasteiger partial charge in [0.15, 0.2) is 11.2 Å². The van der Waals surface area contributed by atoms with Gasteiger partial charge in [-0.3, -0.25) is 4.98 Å². The Morgan fingerprint density at radius 1 is 1.07 bits per heavy atom. The van der Waals surface area contributed by atoms with Crippen LogP contribution in [-0.4, -0.2) is 10.1 Å². The van der Waals surface area contributed by atoms with Crippen LogP contribution in [0.4, 0.5) is 0 Å². The first kappa shape index (κ1) is 17.0. The third-order valence-electron chi connectivity index (χ3n) is 5.42. The largest absolute Gasteiger partial charge is 0.476 e. The maximum Gasteiger partial charge on any atom is 0.182 e. The van der Waals surface area contributed by atoms with Gasteiger partial charge in [0.05, 0.1) is 5.02 Å². The lowest BCUT2D eigenvalue weighted by molar-refractivity contribution is -0.0875. The molecule has 3 atom stereocenters. The molecule has 0 bridgehead atoms. The lowest BCUT2D eigenvalue weighted by atomic mass is 9.72. The number of fused-ring (bicyclic) bond motifs is 3. The molecule has 0 spiro atoms. The number of aliphatic hydroxyl groups is 1. The molecule has 0 radical (unpaired) electrons. The van der Waals surface area contributed by atoms with E-state index >= 15 is 0 Å². The predicted octanol–water partition coefficient (Wildman–Crippen LogP) is 5.33. The summed E-state index contributed by atoms with van der Waals surface area (Å²) in [5.41, 5.74) is -0.00626. The summed E-state index contributed by atoms with van der Waals surface area (Å²) in [6.07, 6.45) is 5.36. The number of rotatable bonds is 2. The van der Waals surface area contributed by atoms with Crippen molar-refractivity contribution in [3.05, 3.63) is 105 Å². The van der Waals surface area contributed by atoms with Crippen LogP contribution in [0, 0.1) is 0 Å². The Labute approximate surface area is 170 Å². The van der Waals surface area contributed by atoms with Gasteiger partial charge >= 0.3 is 0 Å². The summed E-state index contributed by atoms with van der Waals surface area (Å²) in [4.78, 5) is 4.42. The van der Waals surface area contributed by atoms with E-state index in [-0.39, 0.29) is 5.92 Å². The van der Waals surface area contributed by atoms with Gasteiger partial charge in [-0.05, 0) is 23.8 Å². The summed E-state index contributed by atoms with van der Waals surface area (Å²) in [6.45, 7) is 0. The first-order chi connectivity index (χ1) is 13.0. The van der Waals surface area contributed by atoms with Gasteiger partial charge < -0.3 is 9.84 Å². The molecule has 1 N–H and O–H groups in total. The van der Waals surface area contributed by atoms with Crippen molar-refractivity contribution in [1.82, 2.24) is 4.98 Å². The summed E-state index contributed by atoms with van der Waals surface area (Å²) in [6, 6.07) is 19.7. The molecule has 5 rings (SSSR count). The van der Waals surface area contributed by atoms with E-state index in [0.717, 1.165) is 15.6 Å². The van der Waals surface area contributed by atoms with E-state index in [1.807, 2.05) is 60.7 Å². The Morgan fingerprint density at radius 2 is 1.81 bits per heavy atom. The highest BCUT2D eigenvalue weighted by molar-refractivity contribution is 9.10. The number of hydrogen-bond acceptors (Lipinski definition) is 3. The smallest absolute Gasteiger partial charge is 0.182 e. The highest BCUT2D eigenvalue weighted by atomic mass is 79.9. The van der Waals surface area contributed by atoms with Gasteiger partial charge in [-0.2, -0.15) is 0 Å². The molecule has 1 unspecified atom stereocenters. The minimum Gasteiger partial charge on any atom is -0.476 e. The second kappa shape index (κ2) is 5.93. The second-order valence-electron chi connectivity index (χ2n) is 6.86. The minimum absolute atomic E-state index is 0.183. The molecule has 5 heteroatoms. The number of pyridine rings is 1. The quantitative estimate of drug-likeness (QED) is 0.548. The Bertz CT molecular complexity index is 1050. The van der Waals surface area contributed by atoms with Crippen LogP contribution >= 0.6 is 27.5 Å². The number of nitrogens with zero attached hydrogens (tertiary/aromatic N) is 1. The fourth-order valence-electron chi connectivity index (χ4n) is 4.25. The molecule has 0 saturated carbocycles. The lowest BCUT2D eigenvalue weighted by Gasteiger charge is -2.40. The van der Waals surface area contributed by atoms with Crippen LogP contribution < -0.4 is 4.74 Å². The topological polar surface area (TPSA) is 42.4 Å². The minimum atomic E-state index is -1.39. The van der Waals surface area contributed by atoms with Crippen molar-refractivity contribution in [2.24, 2.45) is 0 Å². The van der Waals surface area contributed by atoms with E-state index in [0.29, 0.717) is 16.5 Å². The van der Waals surface area contributed by atoms with Gasteiger partial charge in [0.25, 0.3) is 0 Å². The molecule has 3 aromatic rings. The van der Waals surface area contributed by atoms with Crippen molar-refractivity contribution < 1.29 is 9.84 Å². The molecule has 2 aromatic carbocycles. The first-order valence-electron chi connectivity index (χ1n) is 8.62. The Kier molecular flexibility index (Phi) is 3.73. The molecule has 1 aromatic heterocycles. The fourth-order valence-corrected chi connectivity index (χ4v) is 4.66. The molecule has 134 valence electrons. The van der Waals surface area contributed by atoms with Gasteiger partial charge in [-0.25, -0.2) is 0 Å². The van der Waals surface area contributed by atoms with Crippen LogP contribution in [-0.2, 0) is 11.2 Å². The first-order valence-corrected chi connectivity index (χ1v) is 9.79. The zero-order valence-corrected chi connectivity index (χ0v) is 16.5. The summed E-state index contributed by atoms with van der Waals surface area (Å²) in [5, 5.41) is 12.3. The van der Waals surface area contributed by atoms with E-state index in [2.05, 4.69) is 20.9 Å². The maximum atomic E-state index is 11.8.